The van der Waals surface area contributed by atoms with Crippen LogP contribution in [0.25, 0.3) is 22.6 Å². The Kier molecular flexibility index (Phi) is 5.56. The number of hydrogen-bond acceptors (Lipinski definition) is 8. The molecule has 0 spiro atoms. The third-order valence-electron chi connectivity index (χ3n) is 7.50. The largest absolute Gasteiger partial charge is 0.368 e. The minimum Gasteiger partial charge on any atom is -0.368 e. The molecule has 4 heterocycles. The van der Waals surface area contributed by atoms with Crippen LogP contribution in [0.2, 0.25) is 0 Å². The Morgan fingerprint density at radius 1 is 0.971 bits per heavy atom. The molecular weight excluding hydrogens is 440 g/mol. The van der Waals surface area contributed by atoms with E-state index < -0.39 is 0 Å². The summed E-state index contributed by atoms with van der Waals surface area (Å²) in [6, 6.07) is 8.49. The summed E-state index contributed by atoms with van der Waals surface area (Å²) in [7, 11) is 0. The quantitative estimate of drug-likeness (QED) is 0.414. The van der Waals surface area contributed by atoms with E-state index in [0.717, 1.165) is 48.4 Å². The van der Waals surface area contributed by atoms with Crippen molar-refractivity contribution in [3.63, 3.8) is 0 Å². The van der Waals surface area contributed by atoms with Gasteiger partial charge in [0.1, 0.15) is 0 Å². The van der Waals surface area contributed by atoms with E-state index in [9.17, 15) is 0 Å². The Bertz CT molecular complexity index is 1290. The lowest BCUT2D eigenvalue weighted by Gasteiger charge is -2.27. The first-order valence-corrected chi connectivity index (χ1v) is 12.4. The summed E-state index contributed by atoms with van der Waals surface area (Å²) < 4.78 is 7.71. The highest BCUT2D eigenvalue weighted by Gasteiger charge is 2.47. The second-order valence-corrected chi connectivity index (χ2v) is 9.85. The average Bonchev–Trinajstić information content (AvgIpc) is 3.27. The van der Waals surface area contributed by atoms with Gasteiger partial charge in [0.05, 0.1) is 23.7 Å². The van der Waals surface area contributed by atoms with E-state index >= 15 is 0 Å². The van der Waals surface area contributed by atoms with Crippen LogP contribution in [0.15, 0.2) is 53.6 Å². The van der Waals surface area contributed by atoms with E-state index in [1.54, 1.807) is 12.4 Å². The molecule has 35 heavy (non-hydrogen) atoms. The zero-order chi connectivity index (χ0) is 23.8. The predicted molar refractivity (Wildman–Crippen MR) is 132 cm³/mol. The number of aromatic nitrogens is 6. The van der Waals surface area contributed by atoms with Crippen LogP contribution >= 0.6 is 0 Å². The molecule has 1 aromatic carbocycles. The average molecular weight is 471 g/mol. The number of likely N-dealkylation sites (tertiary alicyclic amines) is 1. The minimum atomic E-state index is -0.316. The van der Waals surface area contributed by atoms with Crippen molar-refractivity contribution in [1.82, 2.24) is 34.8 Å². The fraction of sp³-hybridized carbons (Fsp3) is 0.423. The Morgan fingerprint density at radius 3 is 2.43 bits per heavy atom. The number of rotatable bonds is 8. The van der Waals surface area contributed by atoms with Crippen molar-refractivity contribution in [2.45, 2.75) is 44.6 Å². The number of nitrogens with zero attached hydrogens (tertiary/aromatic N) is 7. The third kappa shape index (κ3) is 4.32. The maximum absolute atomic E-state index is 5.74. The molecule has 0 bridgehead atoms. The van der Waals surface area contributed by atoms with Gasteiger partial charge in [-0.25, -0.2) is 9.97 Å². The molecule has 2 aliphatic rings. The van der Waals surface area contributed by atoms with Crippen LogP contribution in [0, 0.1) is 5.92 Å². The van der Waals surface area contributed by atoms with Gasteiger partial charge in [-0.1, -0.05) is 29.4 Å². The number of anilines is 1. The fourth-order valence-electron chi connectivity index (χ4n) is 5.10. The molecule has 3 aromatic heterocycles. The van der Waals surface area contributed by atoms with Crippen molar-refractivity contribution in [2.24, 2.45) is 5.92 Å². The number of nitrogen functional groups attached to an aromatic ring is 1. The first-order chi connectivity index (χ1) is 17.1. The van der Waals surface area contributed by atoms with E-state index in [1.807, 2.05) is 17.1 Å². The van der Waals surface area contributed by atoms with Gasteiger partial charge in [0.2, 0.25) is 5.95 Å². The fourth-order valence-corrected chi connectivity index (χ4v) is 5.10. The summed E-state index contributed by atoms with van der Waals surface area (Å²) in [5.41, 5.74) is 9.32. The Morgan fingerprint density at radius 2 is 1.71 bits per heavy atom. The molecule has 180 valence electrons. The molecule has 9 nitrogen and oxygen atoms in total. The first kappa shape index (κ1) is 21.9. The Hall–Kier alpha value is -3.59. The summed E-state index contributed by atoms with van der Waals surface area (Å²) in [6.45, 7) is 6.49. The smallest absolute Gasteiger partial charge is 0.261 e. The van der Waals surface area contributed by atoms with Gasteiger partial charge in [-0.05, 0) is 62.7 Å². The van der Waals surface area contributed by atoms with Crippen molar-refractivity contribution in [3.8, 4) is 22.6 Å². The zero-order valence-corrected chi connectivity index (χ0v) is 20.0. The summed E-state index contributed by atoms with van der Waals surface area (Å²) >= 11 is 0. The first-order valence-electron chi connectivity index (χ1n) is 12.4. The number of benzene rings is 1. The molecule has 9 heteroatoms. The second kappa shape index (κ2) is 8.88. The van der Waals surface area contributed by atoms with E-state index in [2.05, 4.69) is 56.3 Å². The zero-order valence-electron chi connectivity index (χ0n) is 20.0. The number of nitrogens with two attached hydrogens (primary N) is 1. The highest BCUT2D eigenvalue weighted by Crippen LogP contribution is 2.50. The lowest BCUT2D eigenvalue weighted by atomic mass is 9.77. The molecule has 6 rings (SSSR count). The maximum atomic E-state index is 5.74. The molecule has 0 amide bonds. The molecule has 2 fully saturated rings. The van der Waals surface area contributed by atoms with Crippen LogP contribution in [-0.4, -0.2) is 54.4 Å². The third-order valence-corrected chi connectivity index (χ3v) is 7.50. The normalized spacial score (nSPS) is 18.1. The monoisotopic (exact) mass is 470 g/mol. The topological polar surface area (TPSA) is 112 Å². The van der Waals surface area contributed by atoms with Crippen LogP contribution in [0.5, 0.6) is 0 Å². The van der Waals surface area contributed by atoms with Gasteiger partial charge < -0.3 is 15.2 Å². The molecule has 1 saturated carbocycles. The van der Waals surface area contributed by atoms with Gasteiger partial charge in [0.25, 0.3) is 5.89 Å². The summed E-state index contributed by atoms with van der Waals surface area (Å²) in [4.78, 5) is 15.5. The summed E-state index contributed by atoms with van der Waals surface area (Å²) in [5.74, 6) is 2.01. The molecule has 1 aliphatic carbocycles. The van der Waals surface area contributed by atoms with Gasteiger partial charge in [-0.3, -0.25) is 4.68 Å². The van der Waals surface area contributed by atoms with Gasteiger partial charge in [-0.15, -0.1) is 0 Å². The maximum Gasteiger partial charge on any atom is 0.261 e. The molecule has 1 atom stereocenters. The summed E-state index contributed by atoms with van der Waals surface area (Å²) in [6.07, 6.45) is 12.2. The second-order valence-electron chi connectivity index (χ2n) is 9.85. The van der Waals surface area contributed by atoms with Crippen molar-refractivity contribution in [1.29, 1.82) is 0 Å². The SMILES string of the molecule is C[C@@](c1ccc(-c2cnc(N)nc2)cc1)(c1noc(-c2cnn(CCN3CCCC3)c2)n1)C1CC1. The van der Waals surface area contributed by atoms with E-state index in [4.69, 9.17) is 15.2 Å². The molecule has 1 saturated heterocycles. The molecular formula is C26H30N8O. The lowest BCUT2D eigenvalue weighted by Crippen LogP contribution is -2.28. The number of hydrogen-bond donors (Lipinski definition) is 1. The molecule has 0 radical (unpaired) electrons. The summed E-state index contributed by atoms with van der Waals surface area (Å²) in [5, 5.41) is 8.96. The van der Waals surface area contributed by atoms with Gasteiger partial charge in [0, 0.05) is 30.7 Å². The molecule has 4 aromatic rings. The molecule has 1 aliphatic heterocycles. The van der Waals surface area contributed by atoms with Crippen LogP contribution < -0.4 is 5.73 Å². The van der Waals surface area contributed by atoms with Crippen molar-refractivity contribution < 1.29 is 4.52 Å². The van der Waals surface area contributed by atoms with Gasteiger partial charge in [0.15, 0.2) is 5.82 Å². The highest BCUT2D eigenvalue weighted by molar-refractivity contribution is 5.63. The Labute approximate surface area is 204 Å². The van der Waals surface area contributed by atoms with E-state index in [1.165, 1.54) is 31.5 Å². The van der Waals surface area contributed by atoms with E-state index in [-0.39, 0.29) is 11.4 Å². The predicted octanol–water partition coefficient (Wildman–Crippen LogP) is 3.78. The highest BCUT2D eigenvalue weighted by atomic mass is 16.5. The van der Waals surface area contributed by atoms with Crippen molar-refractivity contribution >= 4 is 5.95 Å². The van der Waals surface area contributed by atoms with Crippen molar-refractivity contribution in [2.75, 3.05) is 25.4 Å². The van der Waals surface area contributed by atoms with Gasteiger partial charge >= 0.3 is 0 Å². The minimum absolute atomic E-state index is 0.275. The lowest BCUT2D eigenvalue weighted by molar-refractivity contribution is 0.316. The van der Waals surface area contributed by atoms with Crippen LogP contribution in [0.1, 0.15) is 44.0 Å². The molecule has 2 N–H and O–H groups in total. The van der Waals surface area contributed by atoms with Crippen LogP contribution in [-0.2, 0) is 12.0 Å². The van der Waals surface area contributed by atoms with Crippen LogP contribution in [0.3, 0.4) is 0 Å². The van der Waals surface area contributed by atoms with Crippen molar-refractivity contribution in [3.05, 3.63) is 60.4 Å². The van der Waals surface area contributed by atoms with Crippen LogP contribution in [0.4, 0.5) is 5.95 Å². The van der Waals surface area contributed by atoms with Gasteiger partial charge in [-0.2, -0.15) is 10.1 Å². The standard InChI is InChI=1S/C26H30N8O/c1-26(22-8-9-22,21-6-4-18(5-7-21)19-14-28-25(27)29-15-19)24-31-23(35-32-24)20-16-30-34(17-20)13-12-33-10-2-3-11-33/h4-7,14-17,22H,2-3,8-13H2,1H3,(H2,27,28,29)/t26-/m0/s1. The molecule has 0 unspecified atom stereocenters. The Balaban J connectivity index is 1.22. The van der Waals surface area contributed by atoms with E-state index in [0.29, 0.717) is 11.8 Å².